The summed E-state index contributed by atoms with van der Waals surface area (Å²) < 4.78 is 0.905. The Hall–Kier alpha value is -2.30. The molecule has 0 heterocycles. The minimum atomic E-state index is 0.509. The predicted molar refractivity (Wildman–Crippen MR) is 77.3 cm³/mol. The molecule has 0 aromatic heterocycles. The van der Waals surface area contributed by atoms with E-state index in [0.29, 0.717) is 17.7 Å². The Morgan fingerprint density at radius 1 is 1.00 bits per heavy atom. The topological polar surface area (TPSA) is 59.6 Å². The summed E-state index contributed by atoms with van der Waals surface area (Å²) in [7, 11) is 0. The van der Waals surface area contributed by atoms with Crippen molar-refractivity contribution in [2.24, 2.45) is 0 Å². The number of nitriles is 2. The van der Waals surface area contributed by atoms with Crippen LogP contribution < -0.4 is 5.32 Å². The molecule has 92 valence electrons. The number of nitrogens with one attached hydrogen (secondary N) is 1. The van der Waals surface area contributed by atoms with Crippen LogP contribution in [0.25, 0.3) is 0 Å². The number of anilines is 1. The van der Waals surface area contributed by atoms with Crippen molar-refractivity contribution in [3.8, 4) is 12.1 Å². The average Bonchev–Trinajstić information content (AvgIpc) is 2.45. The fourth-order valence-electron chi connectivity index (χ4n) is 1.73. The highest BCUT2D eigenvalue weighted by atomic mass is 79.9. The van der Waals surface area contributed by atoms with E-state index in [4.69, 9.17) is 10.5 Å². The number of hydrogen-bond donors (Lipinski definition) is 1. The zero-order valence-electron chi connectivity index (χ0n) is 10.0. The number of rotatable bonds is 3. The lowest BCUT2D eigenvalue weighted by atomic mass is 10.1. The first-order valence-corrected chi connectivity index (χ1v) is 6.45. The Balaban J connectivity index is 2.22. The van der Waals surface area contributed by atoms with E-state index in [0.717, 1.165) is 15.7 Å². The molecule has 0 unspecified atom stereocenters. The van der Waals surface area contributed by atoms with Gasteiger partial charge in [0.1, 0.15) is 6.07 Å². The van der Waals surface area contributed by atoms with Crippen LogP contribution in [0.4, 0.5) is 5.69 Å². The SMILES string of the molecule is N#Cc1ccccc1CNc1cc(Br)ccc1C#N. The van der Waals surface area contributed by atoms with Gasteiger partial charge in [0.05, 0.1) is 22.9 Å². The largest absolute Gasteiger partial charge is 0.380 e. The fourth-order valence-corrected chi connectivity index (χ4v) is 2.10. The second kappa shape index (κ2) is 6.04. The number of nitrogens with zero attached hydrogens (tertiary/aromatic N) is 2. The minimum Gasteiger partial charge on any atom is -0.380 e. The van der Waals surface area contributed by atoms with E-state index >= 15 is 0 Å². The molecule has 0 radical (unpaired) electrons. The van der Waals surface area contributed by atoms with Gasteiger partial charge in [0, 0.05) is 11.0 Å². The van der Waals surface area contributed by atoms with E-state index in [1.807, 2.05) is 30.3 Å². The van der Waals surface area contributed by atoms with Gasteiger partial charge in [-0.1, -0.05) is 34.1 Å². The summed E-state index contributed by atoms with van der Waals surface area (Å²) >= 11 is 3.38. The maximum atomic E-state index is 9.05. The maximum Gasteiger partial charge on any atom is 0.101 e. The quantitative estimate of drug-likeness (QED) is 0.937. The molecule has 2 aromatic rings. The van der Waals surface area contributed by atoms with Gasteiger partial charge in [-0.15, -0.1) is 0 Å². The van der Waals surface area contributed by atoms with Crippen LogP contribution in [-0.4, -0.2) is 0 Å². The molecule has 0 fully saturated rings. The second-order valence-corrected chi connectivity index (χ2v) is 4.84. The smallest absolute Gasteiger partial charge is 0.101 e. The molecular formula is C15H10BrN3. The predicted octanol–water partition coefficient (Wildman–Crippen LogP) is 3.80. The van der Waals surface area contributed by atoms with Crippen molar-refractivity contribution in [2.45, 2.75) is 6.54 Å². The van der Waals surface area contributed by atoms with Gasteiger partial charge in [0.15, 0.2) is 0 Å². The van der Waals surface area contributed by atoms with Gasteiger partial charge in [-0.05, 0) is 29.8 Å². The summed E-state index contributed by atoms with van der Waals surface area (Å²) in [6.45, 7) is 0.509. The van der Waals surface area contributed by atoms with Crippen molar-refractivity contribution < 1.29 is 0 Å². The molecule has 4 heteroatoms. The van der Waals surface area contributed by atoms with Crippen molar-refractivity contribution in [2.75, 3.05) is 5.32 Å². The summed E-state index contributed by atoms with van der Waals surface area (Å²) in [6, 6.07) is 17.1. The first-order valence-electron chi connectivity index (χ1n) is 5.66. The molecule has 0 bridgehead atoms. The van der Waals surface area contributed by atoms with Gasteiger partial charge >= 0.3 is 0 Å². The van der Waals surface area contributed by atoms with Crippen LogP contribution in [0.5, 0.6) is 0 Å². The highest BCUT2D eigenvalue weighted by Crippen LogP contribution is 2.21. The maximum absolute atomic E-state index is 9.05. The third-order valence-electron chi connectivity index (χ3n) is 2.71. The summed E-state index contributed by atoms with van der Waals surface area (Å²) in [5.74, 6) is 0. The van der Waals surface area contributed by atoms with Crippen LogP contribution in [0.2, 0.25) is 0 Å². The van der Waals surface area contributed by atoms with Gasteiger partial charge in [-0.2, -0.15) is 10.5 Å². The van der Waals surface area contributed by atoms with Crippen LogP contribution in [0.3, 0.4) is 0 Å². The molecule has 2 aromatic carbocycles. The van der Waals surface area contributed by atoms with E-state index in [9.17, 15) is 0 Å². The van der Waals surface area contributed by atoms with E-state index < -0.39 is 0 Å². The summed E-state index contributed by atoms with van der Waals surface area (Å²) in [6.07, 6.45) is 0. The third kappa shape index (κ3) is 3.13. The molecule has 1 N–H and O–H groups in total. The van der Waals surface area contributed by atoms with Gasteiger partial charge < -0.3 is 5.32 Å². The third-order valence-corrected chi connectivity index (χ3v) is 3.20. The van der Waals surface area contributed by atoms with Crippen LogP contribution in [0.15, 0.2) is 46.9 Å². The van der Waals surface area contributed by atoms with Gasteiger partial charge in [-0.25, -0.2) is 0 Å². The highest BCUT2D eigenvalue weighted by molar-refractivity contribution is 9.10. The molecule has 0 saturated carbocycles. The summed E-state index contributed by atoms with van der Waals surface area (Å²) in [5, 5.41) is 21.3. The lowest BCUT2D eigenvalue weighted by molar-refractivity contribution is 1.13. The summed E-state index contributed by atoms with van der Waals surface area (Å²) in [4.78, 5) is 0. The normalized spacial score (nSPS) is 9.42. The number of benzene rings is 2. The second-order valence-electron chi connectivity index (χ2n) is 3.92. The van der Waals surface area contributed by atoms with E-state index in [1.54, 1.807) is 12.1 Å². The molecule has 0 aliphatic carbocycles. The zero-order chi connectivity index (χ0) is 13.7. The van der Waals surface area contributed by atoms with Crippen molar-refractivity contribution in [3.05, 3.63) is 63.6 Å². The average molecular weight is 312 g/mol. The fraction of sp³-hybridized carbons (Fsp3) is 0.0667. The Morgan fingerprint density at radius 2 is 1.74 bits per heavy atom. The molecule has 0 atom stereocenters. The molecule has 2 rings (SSSR count). The molecule has 0 aliphatic heterocycles. The lowest BCUT2D eigenvalue weighted by Crippen LogP contribution is -2.03. The molecular weight excluding hydrogens is 302 g/mol. The van der Waals surface area contributed by atoms with Crippen molar-refractivity contribution >= 4 is 21.6 Å². The van der Waals surface area contributed by atoms with Crippen LogP contribution in [0.1, 0.15) is 16.7 Å². The van der Waals surface area contributed by atoms with Gasteiger partial charge in [0.2, 0.25) is 0 Å². The number of hydrogen-bond acceptors (Lipinski definition) is 3. The Morgan fingerprint density at radius 3 is 2.47 bits per heavy atom. The van der Waals surface area contributed by atoms with E-state index in [2.05, 4.69) is 33.4 Å². The summed E-state index contributed by atoms with van der Waals surface area (Å²) in [5.41, 5.74) is 2.89. The Kier molecular flexibility index (Phi) is 4.18. The standard InChI is InChI=1S/C15H10BrN3/c16-14-6-5-12(9-18)15(7-14)19-10-13-4-2-1-3-11(13)8-17/h1-7,19H,10H2. The first kappa shape index (κ1) is 13.1. The highest BCUT2D eigenvalue weighted by Gasteiger charge is 2.04. The monoisotopic (exact) mass is 311 g/mol. The van der Waals surface area contributed by atoms with E-state index in [1.165, 1.54) is 0 Å². The molecule has 0 spiro atoms. The van der Waals surface area contributed by atoms with Crippen LogP contribution >= 0.6 is 15.9 Å². The van der Waals surface area contributed by atoms with Crippen molar-refractivity contribution in [1.82, 2.24) is 0 Å². The van der Waals surface area contributed by atoms with Crippen LogP contribution in [-0.2, 0) is 6.54 Å². The molecule has 0 amide bonds. The zero-order valence-corrected chi connectivity index (χ0v) is 11.6. The van der Waals surface area contributed by atoms with Gasteiger partial charge in [-0.3, -0.25) is 0 Å². The van der Waals surface area contributed by atoms with Crippen molar-refractivity contribution in [1.29, 1.82) is 10.5 Å². The number of halogens is 1. The van der Waals surface area contributed by atoms with Crippen molar-refractivity contribution in [3.63, 3.8) is 0 Å². The first-order chi connectivity index (χ1) is 9.24. The molecule has 3 nitrogen and oxygen atoms in total. The molecule has 0 saturated heterocycles. The molecule has 19 heavy (non-hydrogen) atoms. The van der Waals surface area contributed by atoms with Crippen LogP contribution in [0, 0.1) is 22.7 Å². The van der Waals surface area contributed by atoms with Gasteiger partial charge in [0.25, 0.3) is 0 Å². The van der Waals surface area contributed by atoms with E-state index in [-0.39, 0.29) is 0 Å². The Bertz CT molecular complexity index is 681. The Labute approximate surface area is 120 Å². The minimum absolute atomic E-state index is 0.509. The molecule has 0 aliphatic rings. The lowest BCUT2D eigenvalue weighted by Gasteiger charge is -2.09.